The van der Waals surface area contributed by atoms with Crippen molar-refractivity contribution in [3.8, 4) is 5.69 Å². The highest BCUT2D eigenvalue weighted by atomic mass is 32.2. The summed E-state index contributed by atoms with van der Waals surface area (Å²) >= 11 is 1.42. The Balaban J connectivity index is 1.81. The van der Waals surface area contributed by atoms with Crippen molar-refractivity contribution < 1.29 is 4.52 Å². The first-order valence-corrected chi connectivity index (χ1v) is 10.5. The van der Waals surface area contributed by atoms with Crippen LogP contribution in [0.2, 0.25) is 0 Å². The van der Waals surface area contributed by atoms with E-state index in [4.69, 9.17) is 9.51 Å². The third-order valence-electron chi connectivity index (χ3n) is 4.66. The molecule has 0 amide bonds. The molecule has 6 nitrogen and oxygen atoms in total. The van der Waals surface area contributed by atoms with Crippen LogP contribution in [0.4, 0.5) is 0 Å². The van der Waals surface area contributed by atoms with E-state index in [-0.39, 0.29) is 11.5 Å². The van der Waals surface area contributed by atoms with Crippen molar-refractivity contribution in [2.75, 3.05) is 0 Å². The van der Waals surface area contributed by atoms with Gasteiger partial charge in [-0.3, -0.25) is 9.36 Å². The molecule has 0 aliphatic heterocycles. The van der Waals surface area contributed by atoms with E-state index in [1.807, 2.05) is 64.1 Å². The second-order valence-electron chi connectivity index (χ2n) is 7.33. The Labute approximate surface area is 173 Å². The van der Waals surface area contributed by atoms with E-state index in [2.05, 4.69) is 16.2 Å². The quantitative estimate of drug-likeness (QED) is 0.350. The highest BCUT2D eigenvalue weighted by Gasteiger charge is 2.17. The van der Waals surface area contributed by atoms with E-state index in [1.165, 1.54) is 11.8 Å². The lowest BCUT2D eigenvalue weighted by Gasteiger charge is -2.15. The van der Waals surface area contributed by atoms with Crippen molar-refractivity contribution in [3.63, 3.8) is 0 Å². The molecule has 148 valence electrons. The first-order valence-electron chi connectivity index (χ1n) is 9.48. The summed E-state index contributed by atoms with van der Waals surface area (Å²) in [7, 11) is 0. The molecule has 2 aromatic carbocycles. The number of hydrogen-bond donors (Lipinski definition) is 0. The Kier molecular flexibility index (Phi) is 5.24. The number of hydrogen-bond acceptors (Lipinski definition) is 6. The SMILES string of the molecule is Cc1ccc(-n2c(SCc3nc(C(C)C)no3)nc3ccccc3c2=O)c(C)c1. The smallest absolute Gasteiger partial charge is 0.266 e. The van der Waals surface area contributed by atoms with Crippen LogP contribution in [0.5, 0.6) is 0 Å². The van der Waals surface area contributed by atoms with Gasteiger partial charge in [0.25, 0.3) is 5.56 Å². The molecule has 0 atom stereocenters. The van der Waals surface area contributed by atoms with E-state index in [0.29, 0.717) is 33.5 Å². The number of aryl methyl sites for hydroxylation is 2. The lowest BCUT2D eigenvalue weighted by atomic mass is 10.1. The molecule has 0 radical (unpaired) electrons. The molecule has 0 saturated heterocycles. The fourth-order valence-corrected chi connectivity index (χ4v) is 4.01. The minimum absolute atomic E-state index is 0.0848. The molecule has 0 unspecified atom stereocenters. The van der Waals surface area contributed by atoms with Gasteiger partial charge in [-0.15, -0.1) is 0 Å². The zero-order valence-electron chi connectivity index (χ0n) is 16.8. The standard InChI is InChI=1S/C22H22N4O2S/c1-13(2)20-24-19(28-25-20)12-29-22-23-17-8-6-5-7-16(17)21(27)26(22)18-10-9-14(3)11-15(18)4/h5-11,13H,12H2,1-4H3. The van der Waals surface area contributed by atoms with Crippen LogP contribution in [0.1, 0.15) is 42.6 Å². The summed E-state index contributed by atoms with van der Waals surface area (Å²) in [6.45, 7) is 8.08. The Bertz CT molecular complexity index is 1240. The molecule has 0 bridgehead atoms. The van der Waals surface area contributed by atoms with Gasteiger partial charge in [0.1, 0.15) is 0 Å². The van der Waals surface area contributed by atoms with Crippen LogP contribution in [0.25, 0.3) is 16.6 Å². The number of thioether (sulfide) groups is 1. The van der Waals surface area contributed by atoms with Crippen LogP contribution in [0.15, 0.2) is 56.9 Å². The van der Waals surface area contributed by atoms with Crippen molar-refractivity contribution in [3.05, 3.63) is 75.7 Å². The fraction of sp³-hybridized carbons (Fsp3) is 0.273. The van der Waals surface area contributed by atoms with Gasteiger partial charge in [-0.25, -0.2) is 4.98 Å². The minimum atomic E-state index is -0.0848. The van der Waals surface area contributed by atoms with Crippen molar-refractivity contribution >= 4 is 22.7 Å². The lowest BCUT2D eigenvalue weighted by molar-refractivity contribution is 0.382. The van der Waals surface area contributed by atoms with Crippen LogP contribution in [0, 0.1) is 13.8 Å². The zero-order chi connectivity index (χ0) is 20.5. The molecule has 0 aliphatic rings. The average Bonchev–Trinajstić information content (AvgIpc) is 3.17. The van der Waals surface area contributed by atoms with Crippen LogP contribution < -0.4 is 5.56 Å². The maximum Gasteiger partial charge on any atom is 0.266 e. The number of rotatable bonds is 5. The van der Waals surface area contributed by atoms with Gasteiger partial charge < -0.3 is 4.52 Å². The van der Waals surface area contributed by atoms with Gasteiger partial charge in [-0.2, -0.15) is 4.98 Å². The Morgan fingerprint density at radius 3 is 2.62 bits per heavy atom. The van der Waals surface area contributed by atoms with Crippen LogP contribution in [0.3, 0.4) is 0 Å². The van der Waals surface area contributed by atoms with Gasteiger partial charge in [0.2, 0.25) is 5.89 Å². The van der Waals surface area contributed by atoms with E-state index >= 15 is 0 Å². The predicted molar refractivity (Wildman–Crippen MR) is 115 cm³/mol. The first kappa shape index (κ1) is 19.4. The molecule has 4 rings (SSSR count). The average molecular weight is 407 g/mol. The van der Waals surface area contributed by atoms with Crippen molar-refractivity contribution in [1.82, 2.24) is 19.7 Å². The molecule has 0 N–H and O–H groups in total. The summed E-state index contributed by atoms with van der Waals surface area (Å²) in [4.78, 5) is 22.5. The monoisotopic (exact) mass is 406 g/mol. The summed E-state index contributed by atoms with van der Waals surface area (Å²) in [6, 6.07) is 13.5. The van der Waals surface area contributed by atoms with Crippen molar-refractivity contribution in [2.45, 2.75) is 44.5 Å². The van der Waals surface area contributed by atoms with Crippen LogP contribution in [-0.2, 0) is 5.75 Å². The number of nitrogens with zero attached hydrogens (tertiary/aromatic N) is 4. The molecule has 2 aromatic heterocycles. The largest absolute Gasteiger partial charge is 0.338 e. The molecule has 4 aromatic rings. The number of fused-ring (bicyclic) bond motifs is 1. The van der Waals surface area contributed by atoms with E-state index in [1.54, 1.807) is 4.57 Å². The van der Waals surface area contributed by atoms with Crippen LogP contribution >= 0.6 is 11.8 Å². The Hall–Kier alpha value is -2.93. The van der Waals surface area contributed by atoms with Crippen molar-refractivity contribution in [1.29, 1.82) is 0 Å². The normalized spacial score (nSPS) is 11.5. The van der Waals surface area contributed by atoms with Crippen LogP contribution in [-0.4, -0.2) is 19.7 Å². The molecule has 29 heavy (non-hydrogen) atoms. The molecule has 0 fully saturated rings. The van der Waals surface area contributed by atoms with Gasteiger partial charge in [-0.1, -0.05) is 60.6 Å². The molecule has 7 heteroatoms. The summed E-state index contributed by atoms with van der Waals surface area (Å²) in [6.07, 6.45) is 0. The topological polar surface area (TPSA) is 73.8 Å². The predicted octanol–water partition coefficient (Wildman–Crippen LogP) is 4.80. The van der Waals surface area contributed by atoms with Gasteiger partial charge >= 0.3 is 0 Å². The summed E-state index contributed by atoms with van der Waals surface area (Å²) in [5.41, 5.74) is 3.59. The highest BCUT2D eigenvalue weighted by molar-refractivity contribution is 7.98. The molecule has 0 aliphatic carbocycles. The molecule has 2 heterocycles. The van der Waals surface area contributed by atoms with E-state index < -0.39 is 0 Å². The summed E-state index contributed by atoms with van der Waals surface area (Å²) in [5.74, 6) is 1.84. The minimum Gasteiger partial charge on any atom is -0.338 e. The Morgan fingerprint density at radius 2 is 1.90 bits per heavy atom. The van der Waals surface area contributed by atoms with Crippen molar-refractivity contribution in [2.24, 2.45) is 0 Å². The summed E-state index contributed by atoms with van der Waals surface area (Å²) in [5, 5.41) is 5.21. The van der Waals surface area contributed by atoms with Gasteiger partial charge in [0.05, 0.1) is 22.3 Å². The molecular weight excluding hydrogens is 384 g/mol. The highest BCUT2D eigenvalue weighted by Crippen LogP contribution is 2.26. The second kappa shape index (κ2) is 7.83. The first-order chi connectivity index (χ1) is 13.9. The number of para-hydroxylation sites is 1. The molecule has 0 saturated carbocycles. The number of benzene rings is 2. The third kappa shape index (κ3) is 3.82. The summed E-state index contributed by atoms with van der Waals surface area (Å²) < 4.78 is 7.04. The molecular formula is C22H22N4O2S. The zero-order valence-corrected chi connectivity index (χ0v) is 17.7. The maximum atomic E-state index is 13.3. The lowest BCUT2D eigenvalue weighted by Crippen LogP contribution is -2.22. The fourth-order valence-electron chi connectivity index (χ4n) is 3.17. The van der Waals surface area contributed by atoms with E-state index in [0.717, 1.165) is 16.8 Å². The third-order valence-corrected chi connectivity index (χ3v) is 5.59. The maximum absolute atomic E-state index is 13.3. The number of aromatic nitrogens is 4. The second-order valence-corrected chi connectivity index (χ2v) is 8.27. The van der Waals surface area contributed by atoms with E-state index in [9.17, 15) is 4.79 Å². The molecule has 0 spiro atoms. The van der Waals surface area contributed by atoms with Gasteiger partial charge in [0, 0.05) is 5.92 Å². The van der Waals surface area contributed by atoms with Gasteiger partial charge in [0.15, 0.2) is 11.0 Å². The van der Waals surface area contributed by atoms with Gasteiger partial charge in [-0.05, 0) is 37.6 Å². The Morgan fingerprint density at radius 1 is 1.10 bits per heavy atom.